The minimum Gasteiger partial charge on any atom is -0.481 e. The number of hydrogen-bond acceptors (Lipinski definition) is 5. The minimum absolute atomic E-state index is 0.0985. The smallest absolute Gasteiger partial charge is 0.312 e. The van der Waals surface area contributed by atoms with Crippen molar-refractivity contribution in [3.8, 4) is 0 Å². The van der Waals surface area contributed by atoms with Crippen molar-refractivity contribution in [2.24, 2.45) is 45.8 Å². The molecule has 6 nitrogen and oxygen atoms in total. The fourth-order valence-corrected chi connectivity index (χ4v) is 9.18. The Bertz CT molecular complexity index is 1060. The Morgan fingerprint density at radius 1 is 1.13 bits per heavy atom. The van der Waals surface area contributed by atoms with Gasteiger partial charge in [0.2, 0.25) is 0 Å². The van der Waals surface area contributed by atoms with Crippen LogP contribution >= 0.6 is 0 Å². The number of fused-ring (bicyclic) bond motifs is 4. The van der Waals surface area contributed by atoms with Gasteiger partial charge in [-0.3, -0.25) is 14.4 Å². The Kier molecular flexibility index (Phi) is 7.57. The van der Waals surface area contributed by atoms with Crippen LogP contribution in [-0.4, -0.2) is 40.1 Å². The number of aliphatic hydroxyl groups excluding tert-OH is 1. The van der Waals surface area contributed by atoms with Crippen molar-refractivity contribution in [1.82, 2.24) is 0 Å². The van der Waals surface area contributed by atoms with E-state index in [0.717, 1.165) is 18.4 Å². The van der Waals surface area contributed by atoms with E-state index in [4.69, 9.17) is 4.74 Å². The Morgan fingerprint density at radius 3 is 2.37 bits per heavy atom. The highest BCUT2D eigenvalue weighted by molar-refractivity contribution is 5.88. The molecule has 4 aliphatic rings. The summed E-state index contributed by atoms with van der Waals surface area (Å²) in [6, 6.07) is 0. The number of carbonyl (C=O) groups excluding carboxylic acids is 2. The summed E-state index contributed by atoms with van der Waals surface area (Å²) in [5.74, 6) is -0.828. The summed E-state index contributed by atoms with van der Waals surface area (Å²) >= 11 is 0. The highest BCUT2D eigenvalue weighted by atomic mass is 16.5. The van der Waals surface area contributed by atoms with Gasteiger partial charge in [-0.1, -0.05) is 57.9 Å². The number of aliphatic carboxylic acids is 1. The number of ketones is 1. The molecular weight excluding hydrogens is 480 g/mol. The second kappa shape index (κ2) is 9.91. The molecule has 0 aromatic rings. The highest BCUT2D eigenvalue weighted by Gasteiger charge is 2.66. The van der Waals surface area contributed by atoms with Crippen LogP contribution in [0.15, 0.2) is 23.3 Å². The molecule has 0 unspecified atom stereocenters. The summed E-state index contributed by atoms with van der Waals surface area (Å²) in [6.07, 6.45) is 3.93. The summed E-state index contributed by atoms with van der Waals surface area (Å²) in [7, 11) is 0. The molecule has 2 N–H and O–H groups in total. The lowest BCUT2D eigenvalue weighted by atomic mass is 9.45. The maximum Gasteiger partial charge on any atom is 0.312 e. The van der Waals surface area contributed by atoms with Crippen molar-refractivity contribution in [2.75, 3.05) is 0 Å². The second-order valence-electron chi connectivity index (χ2n) is 13.9. The van der Waals surface area contributed by atoms with Crippen LogP contribution < -0.4 is 0 Å². The average molecular weight is 529 g/mol. The van der Waals surface area contributed by atoms with Crippen LogP contribution in [0.3, 0.4) is 0 Å². The molecule has 4 rings (SSSR count). The number of esters is 1. The van der Waals surface area contributed by atoms with Crippen LogP contribution in [0, 0.1) is 45.8 Å². The van der Waals surface area contributed by atoms with Gasteiger partial charge in [-0.2, -0.15) is 0 Å². The predicted molar refractivity (Wildman–Crippen MR) is 146 cm³/mol. The van der Waals surface area contributed by atoms with E-state index in [2.05, 4.69) is 41.2 Å². The Hall–Kier alpha value is -1.95. The summed E-state index contributed by atoms with van der Waals surface area (Å²) in [6.45, 7) is 18.2. The maximum atomic E-state index is 13.9. The molecule has 0 aromatic carbocycles. The SMILES string of the molecule is C=C(CC[C@@H](C)[C@H]1CC(=O)[C@@H]2C3=C(C[C@@H](OC(C)=O)[C@@]21C)[C@@]1(C)CC[C@H](O)[C@@](C)(C(=O)O)[C@@H]1CC3)C(C)C. The van der Waals surface area contributed by atoms with Gasteiger partial charge in [0.25, 0.3) is 0 Å². The van der Waals surface area contributed by atoms with Crippen molar-refractivity contribution in [1.29, 1.82) is 0 Å². The first-order valence-corrected chi connectivity index (χ1v) is 14.6. The zero-order chi connectivity index (χ0) is 28.4. The van der Waals surface area contributed by atoms with Gasteiger partial charge in [-0.25, -0.2) is 0 Å². The number of allylic oxidation sites excluding steroid dienone is 2. The molecule has 0 saturated heterocycles. The molecule has 9 atom stereocenters. The van der Waals surface area contributed by atoms with Crippen molar-refractivity contribution in [3.63, 3.8) is 0 Å². The van der Waals surface area contributed by atoms with Gasteiger partial charge in [-0.05, 0) is 74.5 Å². The Labute approximate surface area is 228 Å². The molecule has 4 aliphatic carbocycles. The number of carboxylic acid groups (broad SMARTS) is 1. The normalized spacial score (nSPS) is 41.3. The summed E-state index contributed by atoms with van der Waals surface area (Å²) < 4.78 is 6.09. The lowest BCUT2D eigenvalue weighted by Crippen LogP contribution is -2.59. The van der Waals surface area contributed by atoms with Crippen LogP contribution in [-0.2, 0) is 19.1 Å². The summed E-state index contributed by atoms with van der Waals surface area (Å²) in [5, 5.41) is 21.1. The molecule has 2 saturated carbocycles. The van der Waals surface area contributed by atoms with E-state index in [1.165, 1.54) is 18.1 Å². The van der Waals surface area contributed by atoms with Gasteiger partial charge >= 0.3 is 11.9 Å². The number of hydrogen-bond donors (Lipinski definition) is 2. The molecule has 0 aliphatic heterocycles. The average Bonchev–Trinajstić information content (AvgIpc) is 3.11. The van der Waals surface area contributed by atoms with Gasteiger partial charge in [0.1, 0.15) is 11.9 Å². The van der Waals surface area contributed by atoms with Crippen molar-refractivity contribution < 1.29 is 29.3 Å². The molecule has 6 heteroatoms. The first kappa shape index (κ1) is 29.0. The van der Waals surface area contributed by atoms with E-state index >= 15 is 0 Å². The van der Waals surface area contributed by atoms with E-state index in [-0.39, 0.29) is 35.4 Å². The Balaban J connectivity index is 1.77. The highest BCUT2D eigenvalue weighted by Crippen LogP contribution is 2.68. The van der Waals surface area contributed by atoms with Crippen LogP contribution in [0.1, 0.15) is 99.8 Å². The van der Waals surface area contributed by atoms with Gasteiger partial charge in [0.15, 0.2) is 0 Å². The van der Waals surface area contributed by atoms with Crippen LogP contribution in [0.5, 0.6) is 0 Å². The fourth-order valence-electron chi connectivity index (χ4n) is 9.18. The van der Waals surface area contributed by atoms with E-state index in [9.17, 15) is 24.6 Å². The second-order valence-corrected chi connectivity index (χ2v) is 13.9. The number of carbonyl (C=O) groups is 3. The van der Waals surface area contributed by atoms with Crippen molar-refractivity contribution >= 4 is 17.7 Å². The third-order valence-electron chi connectivity index (χ3n) is 11.7. The Morgan fingerprint density at radius 2 is 1.79 bits per heavy atom. The lowest BCUT2D eigenvalue weighted by Gasteiger charge is -2.60. The fraction of sp³-hybridized carbons (Fsp3) is 0.781. The van der Waals surface area contributed by atoms with Gasteiger partial charge in [-0.15, -0.1) is 0 Å². The quantitative estimate of drug-likeness (QED) is 0.305. The third-order valence-corrected chi connectivity index (χ3v) is 11.7. The molecular formula is C32H48O6. The summed E-state index contributed by atoms with van der Waals surface area (Å²) in [5.41, 5.74) is 1.31. The number of Topliss-reactive ketones (excluding diaryl/α,β-unsaturated/α-hetero) is 1. The predicted octanol–water partition coefficient (Wildman–Crippen LogP) is 6.12. The summed E-state index contributed by atoms with van der Waals surface area (Å²) in [4.78, 5) is 38.8. The van der Waals surface area contributed by atoms with Gasteiger partial charge in [0.05, 0.1) is 11.5 Å². The first-order valence-electron chi connectivity index (χ1n) is 14.6. The zero-order valence-corrected chi connectivity index (χ0v) is 24.4. The van der Waals surface area contributed by atoms with Gasteiger partial charge in [0, 0.05) is 31.1 Å². The van der Waals surface area contributed by atoms with Crippen LogP contribution in [0.2, 0.25) is 0 Å². The van der Waals surface area contributed by atoms with Crippen molar-refractivity contribution in [2.45, 2.75) is 112 Å². The molecule has 212 valence electrons. The van der Waals surface area contributed by atoms with Gasteiger partial charge < -0.3 is 14.9 Å². The molecule has 0 spiro atoms. The molecule has 2 fully saturated rings. The van der Waals surface area contributed by atoms with Crippen LogP contribution in [0.25, 0.3) is 0 Å². The van der Waals surface area contributed by atoms with E-state index in [1.807, 2.05) is 0 Å². The molecule has 0 amide bonds. The minimum atomic E-state index is -1.25. The largest absolute Gasteiger partial charge is 0.481 e. The number of ether oxygens (including phenoxy) is 1. The third kappa shape index (κ3) is 4.20. The molecule has 0 heterocycles. The molecule has 0 radical (unpaired) electrons. The van der Waals surface area contributed by atoms with Crippen molar-refractivity contribution in [3.05, 3.63) is 23.3 Å². The first-order chi connectivity index (χ1) is 17.6. The van der Waals surface area contributed by atoms with E-state index in [1.54, 1.807) is 6.92 Å². The maximum absolute atomic E-state index is 13.9. The lowest BCUT2D eigenvalue weighted by molar-refractivity contribution is -0.177. The van der Waals surface area contributed by atoms with E-state index in [0.29, 0.717) is 44.4 Å². The monoisotopic (exact) mass is 528 g/mol. The number of carboxylic acids is 1. The van der Waals surface area contributed by atoms with Crippen LogP contribution in [0.4, 0.5) is 0 Å². The number of rotatable bonds is 7. The molecule has 38 heavy (non-hydrogen) atoms. The zero-order valence-electron chi connectivity index (χ0n) is 24.4. The number of aliphatic hydroxyl groups is 1. The molecule has 0 aromatic heterocycles. The molecule has 0 bridgehead atoms. The van der Waals surface area contributed by atoms with E-state index < -0.39 is 34.4 Å². The standard InChI is InChI=1S/C32H48O6/c1-17(2)18(3)9-10-19(4)22-15-24(34)28-21-11-12-25-30(6,14-13-26(35)32(25,8)29(36)37)23(21)16-27(31(22,28)7)38-20(5)33/h17,19,22,25-28,35H,3,9-16H2,1-2,4-8H3,(H,36,37)/t19-,22-,25-,26+,27-,28+,30-,31+,32+/m1/s1. The topological polar surface area (TPSA) is 101 Å².